The van der Waals surface area contributed by atoms with E-state index < -0.39 is 35.9 Å². The Bertz CT molecular complexity index is 1790. The van der Waals surface area contributed by atoms with Crippen LogP contribution in [-0.2, 0) is 29.7 Å². The number of likely N-dealkylation sites (N-methyl/N-ethyl adjacent to an activating group) is 1. The van der Waals surface area contributed by atoms with Crippen molar-refractivity contribution in [3.63, 3.8) is 0 Å². The number of aromatic amines is 2. The number of H-pyrrole nitrogens is 2. The number of nitrogens with zero attached hydrogens (tertiary/aromatic N) is 5. The maximum Gasteiger partial charge on any atom is 0.287 e. The summed E-state index contributed by atoms with van der Waals surface area (Å²) in [4.78, 5) is 17.3. The number of primary sulfonamides is 1. The summed E-state index contributed by atoms with van der Waals surface area (Å²) in [6.07, 6.45) is 0.568. The van der Waals surface area contributed by atoms with Gasteiger partial charge < -0.3 is 31.1 Å². The highest BCUT2D eigenvalue weighted by atomic mass is 32.2. The van der Waals surface area contributed by atoms with Gasteiger partial charge in [0, 0.05) is 18.5 Å². The summed E-state index contributed by atoms with van der Waals surface area (Å²) in [6.45, 7) is 2.23. The number of para-hydroxylation sites is 1. The van der Waals surface area contributed by atoms with Crippen molar-refractivity contribution in [1.82, 2.24) is 35.3 Å². The molecule has 1 fully saturated rings. The Morgan fingerprint density at radius 1 is 1.21 bits per heavy atom. The Hall–Kier alpha value is -4.05. The SMILES string of the molecule is C[N+]1(CCN)CC[C@H](NS(=O)(=O)c2ccc(-c3cccc4[nH]c(N)nc34)c(-c3nn[nH]n3)c2S(N)(=O)=O)C1.O=CO[O-]. The lowest BCUT2D eigenvalue weighted by Gasteiger charge is -2.29. The van der Waals surface area contributed by atoms with Crippen LogP contribution >= 0.6 is 0 Å². The van der Waals surface area contributed by atoms with E-state index in [1.807, 2.05) is 7.05 Å². The maximum absolute atomic E-state index is 13.6. The number of fused-ring (bicyclic) bond motifs is 1. The van der Waals surface area contributed by atoms with Gasteiger partial charge >= 0.3 is 0 Å². The smallest absolute Gasteiger partial charge is 0.287 e. The minimum atomic E-state index is -4.63. The number of imidazole rings is 1. The van der Waals surface area contributed by atoms with Gasteiger partial charge in [-0.1, -0.05) is 18.2 Å². The molecule has 4 aromatic rings. The van der Waals surface area contributed by atoms with Crippen molar-refractivity contribution in [2.24, 2.45) is 10.9 Å². The number of aromatic nitrogens is 6. The molecule has 226 valence electrons. The molecule has 0 radical (unpaired) electrons. The molecule has 2 atom stereocenters. The number of nitrogen functional groups attached to an aromatic ring is 1. The molecule has 20 heteroatoms. The number of benzene rings is 2. The van der Waals surface area contributed by atoms with Gasteiger partial charge in [0.15, 0.2) is 5.95 Å². The number of carbonyl (C=O) groups is 1. The summed E-state index contributed by atoms with van der Waals surface area (Å²) >= 11 is 0. The topological polar surface area (TPSA) is 291 Å². The van der Waals surface area contributed by atoms with Gasteiger partial charge in [-0.05, 0) is 22.9 Å². The highest BCUT2D eigenvalue weighted by molar-refractivity contribution is 7.92. The molecule has 1 aliphatic rings. The van der Waals surface area contributed by atoms with Crippen LogP contribution in [0, 0.1) is 0 Å². The highest BCUT2D eigenvalue weighted by Crippen LogP contribution is 2.40. The standard InChI is InChI=1S/C21H28N11O4S2.CH2O3/c1-32(10-8-22)9-7-12(11-32)29-38(35,36)16-6-5-13(14-3-2-4-15-18(14)26-21(23)25-15)17(19(16)37(24,33)34)20-27-30-31-28-20;2-1-4-3/h2-6,12,29H,7-11,22H2,1H3,(H3,23,25,26)(H2,24,33,34)(H,27,28,30,31);1,3H/q+1;/p-1/t12-,32?;/m0./s1. The van der Waals surface area contributed by atoms with E-state index in [0.29, 0.717) is 47.1 Å². The largest absolute Gasteiger partial charge is 0.662 e. The number of quaternary nitrogens is 1. The van der Waals surface area contributed by atoms with Gasteiger partial charge in [0.25, 0.3) is 6.47 Å². The van der Waals surface area contributed by atoms with Crippen LogP contribution < -0.4 is 26.6 Å². The number of hydrogen-bond donors (Lipinski definition) is 6. The minimum Gasteiger partial charge on any atom is -0.662 e. The molecule has 2 aromatic carbocycles. The molecular formula is C22H29N11O7S2. The zero-order valence-electron chi connectivity index (χ0n) is 22.2. The van der Waals surface area contributed by atoms with E-state index in [1.165, 1.54) is 12.1 Å². The van der Waals surface area contributed by atoms with Gasteiger partial charge in [0.2, 0.25) is 25.9 Å². The van der Waals surface area contributed by atoms with Crippen molar-refractivity contribution in [2.75, 3.05) is 39.0 Å². The number of hydrogen-bond acceptors (Lipinski definition) is 13. The van der Waals surface area contributed by atoms with E-state index in [9.17, 15) is 16.8 Å². The first-order valence-electron chi connectivity index (χ1n) is 12.3. The number of rotatable bonds is 9. The molecule has 1 saturated heterocycles. The third-order valence-electron chi connectivity index (χ3n) is 6.79. The van der Waals surface area contributed by atoms with Gasteiger partial charge in [-0.15, -0.1) is 10.2 Å². The van der Waals surface area contributed by atoms with Gasteiger partial charge in [0.1, 0.15) is 9.79 Å². The molecule has 0 saturated carbocycles. The zero-order valence-corrected chi connectivity index (χ0v) is 23.9. The van der Waals surface area contributed by atoms with Crippen LogP contribution in [0.15, 0.2) is 40.1 Å². The van der Waals surface area contributed by atoms with Crippen molar-refractivity contribution < 1.29 is 36.3 Å². The Labute approximate surface area is 239 Å². The third kappa shape index (κ3) is 6.38. The van der Waals surface area contributed by atoms with Crippen molar-refractivity contribution in [1.29, 1.82) is 0 Å². The van der Waals surface area contributed by atoms with Crippen molar-refractivity contribution in [2.45, 2.75) is 22.3 Å². The van der Waals surface area contributed by atoms with Gasteiger partial charge in [-0.3, -0.25) is 4.79 Å². The lowest BCUT2D eigenvalue weighted by Crippen LogP contribution is -2.48. The molecule has 9 N–H and O–H groups in total. The number of carbonyl (C=O) groups excluding carboxylic acids is 1. The van der Waals surface area contributed by atoms with Crippen LogP contribution in [0.3, 0.4) is 0 Å². The Balaban J connectivity index is 0.000000952. The van der Waals surface area contributed by atoms with Crippen molar-refractivity contribution in [3.05, 3.63) is 30.3 Å². The first kappa shape index (κ1) is 30.9. The number of sulfonamides is 2. The average Bonchev–Trinajstić information content (AvgIpc) is 3.67. The summed E-state index contributed by atoms with van der Waals surface area (Å²) < 4.78 is 56.6. The summed E-state index contributed by atoms with van der Waals surface area (Å²) in [5, 5.41) is 27.8. The van der Waals surface area contributed by atoms with E-state index in [4.69, 9.17) is 26.7 Å². The second-order valence-electron chi connectivity index (χ2n) is 9.76. The maximum atomic E-state index is 13.6. The average molecular weight is 624 g/mol. The molecule has 0 aliphatic carbocycles. The van der Waals surface area contributed by atoms with Gasteiger partial charge in [0.05, 0.1) is 49.3 Å². The predicted molar refractivity (Wildman–Crippen MR) is 146 cm³/mol. The molecule has 5 rings (SSSR count). The number of nitrogens with two attached hydrogens (primary N) is 3. The molecule has 0 amide bonds. The quantitative estimate of drug-likeness (QED) is 0.0488. The Morgan fingerprint density at radius 3 is 2.57 bits per heavy atom. The van der Waals surface area contributed by atoms with Crippen molar-refractivity contribution >= 4 is 43.5 Å². The number of nitrogens with one attached hydrogen (secondary N) is 3. The van der Waals surface area contributed by atoms with Crippen molar-refractivity contribution in [3.8, 4) is 22.5 Å². The highest BCUT2D eigenvalue weighted by Gasteiger charge is 2.39. The molecule has 1 unspecified atom stereocenters. The van der Waals surface area contributed by atoms with E-state index in [-0.39, 0.29) is 29.4 Å². The fourth-order valence-corrected chi connectivity index (χ4v) is 7.98. The van der Waals surface area contributed by atoms with E-state index in [0.717, 1.165) is 6.54 Å². The van der Waals surface area contributed by atoms with Crippen LogP contribution in [0.1, 0.15) is 6.42 Å². The first-order chi connectivity index (χ1) is 19.8. The minimum absolute atomic E-state index is 0.131. The predicted octanol–water partition coefficient (Wildman–Crippen LogP) is -2.47. The number of likely N-dealkylation sites (tertiary alicyclic amines) is 1. The Morgan fingerprint density at radius 2 is 1.95 bits per heavy atom. The zero-order chi connectivity index (χ0) is 30.7. The third-order valence-corrected chi connectivity index (χ3v) is 9.48. The molecule has 3 heterocycles. The second-order valence-corrected chi connectivity index (χ2v) is 12.9. The van der Waals surface area contributed by atoms with Crippen LogP contribution in [0.2, 0.25) is 0 Å². The molecule has 18 nitrogen and oxygen atoms in total. The molecule has 2 aromatic heterocycles. The van der Waals surface area contributed by atoms with E-state index in [1.54, 1.807) is 18.2 Å². The summed E-state index contributed by atoms with van der Waals surface area (Å²) in [5.74, 6) is -0.00475. The van der Waals surface area contributed by atoms with E-state index in [2.05, 4.69) is 40.2 Å². The summed E-state index contributed by atoms with van der Waals surface area (Å²) in [7, 11) is -6.98. The normalized spacial score (nSPS) is 18.9. The summed E-state index contributed by atoms with van der Waals surface area (Å²) in [6, 6.07) is 7.41. The summed E-state index contributed by atoms with van der Waals surface area (Å²) in [5.41, 5.74) is 13.2. The van der Waals surface area contributed by atoms with Crippen LogP contribution in [0.25, 0.3) is 33.5 Å². The number of tetrazole rings is 1. The van der Waals surface area contributed by atoms with Crippen LogP contribution in [0.5, 0.6) is 0 Å². The molecule has 1 aliphatic heterocycles. The van der Waals surface area contributed by atoms with Gasteiger partial charge in [-0.25, -0.2) is 31.7 Å². The van der Waals surface area contributed by atoms with E-state index >= 15 is 0 Å². The molecule has 0 spiro atoms. The lowest BCUT2D eigenvalue weighted by molar-refractivity contribution is -0.896. The van der Waals surface area contributed by atoms with Gasteiger partial charge in [-0.2, -0.15) is 5.21 Å². The monoisotopic (exact) mass is 623 g/mol. The lowest BCUT2D eigenvalue weighted by atomic mass is 9.98. The fourth-order valence-electron chi connectivity index (χ4n) is 5.12. The fraction of sp³-hybridized carbons (Fsp3) is 0.318. The molecule has 42 heavy (non-hydrogen) atoms. The second kappa shape index (κ2) is 12.1. The van der Waals surface area contributed by atoms with Crippen LogP contribution in [0.4, 0.5) is 5.95 Å². The van der Waals surface area contributed by atoms with Crippen LogP contribution in [-0.4, -0.2) is 97.7 Å². The molecular weight excluding hydrogens is 594 g/mol. The number of anilines is 1. The Kier molecular flexibility index (Phi) is 8.87. The molecule has 0 bridgehead atoms. The first-order valence-corrected chi connectivity index (χ1v) is 15.3.